The van der Waals surface area contributed by atoms with Crippen LogP contribution in [0, 0.1) is 5.92 Å². The maximum absolute atomic E-state index is 12.6. The average Bonchev–Trinajstić information content (AvgIpc) is 3.04. The number of anilines is 1. The molecule has 0 aliphatic rings. The van der Waals surface area contributed by atoms with Crippen molar-refractivity contribution in [3.8, 4) is 0 Å². The molecule has 0 aliphatic carbocycles. The van der Waals surface area contributed by atoms with Gasteiger partial charge in [-0.3, -0.25) is 0 Å². The Morgan fingerprint density at radius 1 is 1.07 bits per heavy atom. The molecule has 1 heterocycles. The highest BCUT2D eigenvalue weighted by Crippen LogP contribution is 2.25. The van der Waals surface area contributed by atoms with Crippen LogP contribution in [0.4, 0.5) is 5.95 Å². The standard InChI is InChI=1S/C19H20Cl2N4O2S/c1-13(2)10-14-6-8-15(9-7-14)28(26,27)24-19-22-12-25(23-19)11-16-17(20)4-3-5-18(16)21/h3-9,12-13H,10-11H2,1-2H3,(H,23,24). The zero-order chi connectivity index (χ0) is 20.3. The van der Waals surface area contributed by atoms with Gasteiger partial charge in [0, 0.05) is 15.6 Å². The molecule has 148 valence electrons. The number of benzene rings is 2. The molecule has 2 aromatic carbocycles. The number of nitrogens with zero attached hydrogens (tertiary/aromatic N) is 3. The predicted octanol–water partition coefficient (Wildman–Crippen LogP) is 4.63. The minimum absolute atomic E-state index is 0.0190. The highest BCUT2D eigenvalue weighted by Gasteiger charge is 2.17. The fourth-order valence-electron chi connectivity index (χ4n) is 2.72. The van der Waals surface area contributed by atoms with Gasteiger partial charge in [-0.05, 0) is 42.2 Å². The second kappa shape index (κ2) is 8.51. The molecule has 28 heavy (non-hydrogen) atoms. The molecule has 0 aliphatic heterocycles. The second-order valence-electron chi connectivity index (χ2n) is 6.81. The van der Waals surface area contributed by atoms with Crippen molar-refractivity contribution in [2.45, 2.75) is 31.7 Å². The number of hydrogen-bond donors (Lipinski definition) is 1. The Morgan fingerprint density at radius 2 is 1.71 bits per heavy atom. The van der Waals surface area contributed by atoms with Crippen molar-refractivity contribution < 1.29 is 8.42 Å². The lowest BCUT2D eigenvalue weighted by Gasteiger charge is -2.08. The van der Waals surface area contributed by atoms with Crippen molar-refractivity contribution in [2.24, 2.45) is 5.92 Å². The van der Waals surface area contributed by atoms with E-state index >= 15 is 0 Å². The maximum Gasteiger partial charge on any atom is 0.264 e. The smallest absolute Gasteiger partial charge is 0.246 e. The van der Waals surface area contributed by atoms with E-state index in [0.29, 0.717) is 21.5 Å². The summed E-state index contributed by atoms with van der Waals surface area (Å²) in [5, 5.41) is 5.17. The predicted molar refractivity (Wildman–Crippen MR) is 111 cm³/mol. The lowest BCUT2D eigenvalue weighted by Crippen LogP contribution is -2.14. The van der Waals surface area contributed by atoms with Crippen LogP contribution >= 0.6 is 23.2 Å². The molecule has 1 aromatic heterocycles. The molecule has 1 N–H and O–H groups in total. The van der Waals surface area contributed by atoms with E-state index in [1.165, 1.54) is 11.0 Å². The Kier molecular flexibility index (Phi) is 6.27. The monoisotopic (exact) mass is 438 g/mol. The van der Waals surface area contributed by atoms with Crippen LogP contribution in [0.25, 0.3) is 0 Å². The van der Waals surface area contributed by atoms with Gasteiger partial charge in [-0.1, -0.05) is 55.2 Å². The molecular weight excluding hydrogens is 419 g/mol. The van der Waals surface area contributed by atoms with Crippen LogP contribution in [0.5, 0.6) is 0 Å². The normalized spacial score (nSPS) is 11.8. The molecule has 0 saturated carbocycles. The van der Waals surface area contributed by atoms with Crippen molar-refractivity contribution in [3.05, 3.63) is 70.0 Å². The van der Waals surface area contributed by atoms with Gasteiger partial charge in [0.1, 0.15) is 6.33 Å². The summed E-state index contributed by atoms with van der Waals surface area (Å²) in [6, 6.07) is 12.0. The topological polar surface area (TPSA) is 76.9 Å². The summed E-state index contributed by atoms with van der Waals surface area (Å²) < 4.78 is 29.0. The molecule has 0 fully saturated rings. The van der Waals surface area contributed by atoms with E-state index in [1.807, 2.05) is 12.1 Å². The van der Waals surface area contributed by atoms with Crippen molar-refractivity contribution >= 4 is 39.2 Å². The Morgan fingerprint density at radius 3 is 2.32 bits per heavy atom. The van der Waals surface area contributed by atoms with Gasteiger partial charge in [0.15, 0.2) is 0 Å². The van der Waals surface area contributed by atoms with E-state index in [1.54, 1.807) is 30.3 Å². The Balaban J connectivity index is 1.73. The fraction of sp³-hybridized carbons (Fsp3) is 0.263. The van der Waals surface area contributed by atoms with Gasteiger partial charge in [-0.15, -0.1) is 5.10 Å². The van der Waals surface area contributed by atoms with Gasteiger partial charge in [0.05, 0.1) is 11.4 Å². The van der Waals surface area contributed by atoms with Gasteiger partial charge in [-0.25, -0.2) is 17.8 Å². The molecule has 0 spiro atoms. The van der Waals surface area contributed by atoms with Crippen LogP contribution < -0.4 is 4.72 Å². The third-order valence-electron chi connectivity index (χ3n) is 4.02. The largest absolute Gasteiger partial charge is 0.264 e. The quantitative estimate of drug-likeness (QED) is 0.582. The zero-order valence-electron chi connectivity index (χ0n) is 15.4. The number of aromatic nitrogens is 3. The van der Waals surface area contributed by atoms with E-state index < -0.39 is 10.0 Å². The van der Waals surface area contributed by atoms with Crippen LogP contribution in [0.15, 0.2) is 53.7 Å². The van der Waals surface area contributed by atoms with Crippen molar-refractivity contribution in [1.82, 2.24) is 14.8 Å². The Hall–Kier alpha value is -2.09. The third-order valence-corrected chi connectivity index (χ3v) is 6.07. The van der Waals surface area contributed by atoms with Crippen LogP contribution in [-0.4, -0.2) is 23.2 Å². The lowest BCUT2D eigenvalue weighted by molar-refractivity contribution is 0.600. The number of sulfonamides is 1. The minimum atomic E-state index is -3.77. The molecule has 9 heteroatoms. The number of halogens is 2. The second-order valence-corrected chi connectivity index (χ2v) is 9.31. The molecule has 6 nitrogen and oxygen atoms in total. The van der Waals surface area contributed by atoms with E-state index in [0.717, 1.165) is 12.0 Å². The summed E-state index contributed by atoms with van der Waals surface area (Å²) in [5.41, 5.74) is 1.78. The molecule has 0 bridgehead atoms. The number of hydrogen-bond acceptors (Lipinski definition) is 4. The van der Waals surface area contributed by atoms with Crippen molar-refractivity contribution in [1.29, 1.82) is 0 Å². The molecule has 0 unspecified atom stereocenters. The van der Waals surface area contributed by atoms with E-state index in [2.05, 4.69) is 28.7 Å². The van der Waals surface area contributed by atoms with Gasteiger partial charge in [-0.2, -0.15) is 4.98 Å². The molecule has 3 aromatic rings. The minimum Gasteiger partial charge on any atom is -0.246 e. The van der Waals surface area contributed by atoms with Crippen LogP contribution in [0.3, 0.4) is 0 Å². The Labute approximate surface area is 174 Å². The summed E-state index contributed by atoms with van der Waals surface area (Å²) in [6.45, 7) is 4.51. The molecule has 0 atom stereocenters. The Bertz CT molecular complexity index is 1040. The van der Waals surface area contributed by atoms with Crippen molar-refractivity contribution in [2.75, 3.05) is 4.72 Å². The lowest BCUT2D eigenvalue weighted by atomic mass is 10.0. The van der Waals surface area contributed by atoms with E-state index in [4.69, 9.17) is 23.2 Å². The van der Waals surface area contributed by atoms with Crippen LogP contribution in [-0.2, 0) is 23.0 Å². The number of nitrogens with one attached hydrogen (secondary N) is 1. The maximum atomic E-state index is 12.6. The zero-order valence-corrected chi connectivity index (χ0v) is 17.8. The summed E-state index contributed by atoms with van der Waals surface area (Å²) in [5.74, 6) is 0.481. The fourth-order valence-corrected chi connectivity index (χ4v) is 4.18. The summed E-state index contributed by atoms with van der Waals surface area (Å²) in [7, 11) is -3.77. The van der Waals surface area contributed by atoms with Gasteiger partial charge >= 0.3 is 0 Å². The first-order chi connectivity index (χ1) is 13.2. The number of rotatable bonds is 7. The van der Waals surface area contributed by atoms with Crippen molar-refractivity contribution in [3.63, 3.8) is 0 Å². The third kappa shape index (κ3) is 5.04. The molecule has 0 saturated heterocycles. The van der Waals surface area contributed by atoms with Crippen LogP contribution in [0.2, 0.25) is 10.0 Å². The van der Waals surface area contributed by atoms with E-state index in [-0.39, 0.29) is 17.4 Å². The van der Waals surface area contributed by atoms with E-state index in [9.17, 15) is 8.42 Å². The highest BCUT2D eigenvalue weighted by molar-refractivity contribution is 7.92. The molecular formula is C19H20Cl2N4O2S. The average molecular weight is 439 g/mol. The molecule has 0 amide bonds. The first kappa shape index (κ1) is 20.6. The summed E-state index contributed by atoms with van der Waals surface area (Å²) in [6.07, 6.45) is 2.31. The van der Waals surface area contributed by atoms with Gasteiger partial charge in [0.2, 0.25) is 0 Å². The van der Waals surface area contributed by atoms with Gasteiger partial charge in [0.25, 0.3) is 16.0 Å². The SMILES string of the molecule is CC(C)Cc1ccc(S(=O)(=O)Nc2ncn(Cc3c(Cl)cccc3Cl)n2)cc1. The summed E-state index contributed by atoms with van der Waals surface area (Å²) >= 11 is 12.3. The highest BCUT2D eigenvalue weighted by atomic mass is 35.5. The summed E-state index contributed by atoms with van der Waals surface area (Å²) in [4.78, 5) is 4.17. The van der Waals surface area contributed by atoms with Crippen LogP contribution in [0.1, 0.15) is 25.0 Å². The van der Waals surface area contributed by atoms with Gasteiger partial charge < -0.3 is 0 Å². The first-order valence-corrected chi connectivity index (χ1v) is 10.9. The molecule has 0 radical (unpaired) electrons. The first-order valence-electron chi connectivity index (χ1n) is 8.68. The molecule has 3 rings (SSSR count).